The molecule has 0 aliphatic carbocycles. The minimum atomic E-state index is -3.59. The number of rotatable bonds is 8. The lowest BCUT2D eigenvalue weighted by molar-refractivity contribution is -0.127. The number of hydrogen-bond donors (Lipinski definition) is 1. The summed E-state index contributed by atoms with van der Waals surface area (Å²) in [5, 5.41) is 3.69. The van der Waals surface area contributed by atoms with Crippen LogP contribution in [0.15, 0.2) is 53.4 Å². The molecule has 174 valence electrons. The van der Waals surface area contributed by atoms with Gasteiger partial charge in [0.05, 0.1) is 18.0 Å². The standard InChI is InChI=1S/C24H31ClN2O4S/c1-17(2)16-23(18-4-8-21(31-3)9-5-18)26-24(28)19-12-14-27(15-13-19)32(29,30)22-10-6-20(25)7-11-22/h4-11,17,19,23H,12-16H2,1-3H3,(H,26,28). The van der Waals surface area contributed by atoms with Gasteiger partial charge in [0, 0.05) is 24.0 Å². The van der Waals surface area contributed by atoms with E-state index in [9.17, 15) is 13.2 Å². The highest BCUT2D eigenvalue weighted by Gasteiger charge is 2.33. The maximum atomic E-state index is 13.0. The first-order valence-electron chi connectivity index (χ1n) is 10.9. The minimum absolute atomic E-state index is 0.0185. The van der Waals surface area contributed by atoms with E-state index in [4.69, 9.17) is 16.3 Å². The van der Waals surface area contributed by atoms with E-state index >= 15 is 0 Å². The van der Waals surface area contributed by atoms with Gasteiger partial charge in [-0.3, -0.25) is 4.79 Å². The molecule has 2 aromatic carbocycles. The Bertz CT molecular complexity index is 999. The van der Waals surface area contributed by atoms with Crippen LogP contribution in [-0.2, 0) is 14.8 Å². The van der Waals surface area contributed by atoms with Gasteiger partial charge in [-0.2, -0.15) is 4.31 Å². The molecule has 1 heterocycles. The van der Waals surface area contributed by atoms with E-state index in [2.05, 4.69) is 19.2 Å². The highest BCUT2D eigenvalue weighted by atomic mass is 35.5. The van der Waals surface area contributed by atoms with Crippen molar-refractivity contribution in [2.24, 2.45) is 11.8 Å². The maximum absolute atomic E-state index is 13.0. The second kappa shape index (κ2) is 10.7. The number of piperidine rings is 1. The van der Waals surface area contributed by atoms with Crippen molar-refractivity contribution in [2.45, 2.75) is 44.0 Å². The summed E-state index contributed by atoms with van der Waals surface area (Å²) in [7, 11) is -1.96. The second-order valence-electron chi connectivity index (χ2n) is 8.60. The van der Waals surface area contributed by atoms with Crippen molar-refractivity contribution >= 4 is 27.5 Å². The molecule has 1 atom stereocenters. The number of methoxy groups -OCH3 is 1. The van der Waals surface area contributed by atoms with Crippen LogP contribution in [0.3, 0.4) is 0 Å². The zero-order valence-corrected chi connectivity index (χ0v) is 20.3. The predicted octanol–water partition coefficient (Wildman–Crippen LogP) is 4.65. The van der Waals surface area contributed by atoms with Gasteiger partial charge < -0.3 is 10.1 Å². The molecule has 1 fully saturated rings. The topological polar surface area (TPSA) is 75.7 Å². The van der Waals surface area contributed by atoms with Crippen LogP contribution < -0.4 is 10.1 Å². The molecule has 0 radical (unpaired) electrons. The molecular formula is C24H31ClN2O4S. The first kappa shape index (κ1) is 24.6. The first-order chi connectivity index (χ1) is 15.2. The number of nitrogens with zero attached hydrogens (tertiary/aromatic N) is 1. The minimum Gasteiger partial charge on any atom is -0.497 e. The lowest BCUT2D eigenvalue weighted by Gasteiger charge is -2.32. The predicted molar refractivity (Wildman–Crippen MR) is 126 cm³/mol. The molecule has 0 spiro atoms. The molecule has 3 rings (SSSR count). The molecule has 0 aromatic heterocycles. The summed E-state index contributed by atoms with van der Waals surface area (Å²) in [6.07, 6.45) is 1.81. The Labute approximate surface area is 196 Å². The molecule has 1 N–H and O–H groups in total. The smallest absolute Gasteiger partial charge is 0.243 e. The average molecular weight is 479 g/mol. The molecule has 6 nitrogen and oxygen atoms in total. The van der Waals surface area contributed by atoms with Gasteiger partial charge in [-0.05, 0) is 67.1 Å². The molecule has 1 aliphatic heterocycles. The number of carbonyl (C=O) groups excluding carboxylic acids is 1. The van der Waals surface area contributed by atoms with Crippen molar-refractivity contribution < 1.29 is 17.9 Å². The van der Waals surface area contributed by atoms with Crippen molar-refractivity contribution in [3.05, 3.63) is 59.1 Å². The molecule has 0 saturated carbocycles. The summed E-state index contributed by atoms with van der Waals surface area (Å²) in [5.41, 5.74) is 1.04. The van der Waals surface area contributed by atoms with Crippen molar-refractivity contribution in [2.75, 3.05) is 20.2 Å². The normalized spacial score (nSPS) is 16.7. The fourth-order valence-corrected chi connectivity index (χ4v) is 5.59. The van der Waals surface area contributed by atoms with Crippen LogP contribution in [-0.4, -0.2) is 38.8 Å². The number of nitrogens with one attached hydrogen (secondary N) is 1. The molecule has 32 heavy (non-hydrogen) atoms. The van der Waals surface area contributed by atoms with Gasteiger partial charge in [0.1, 0.15) is 5.75 Å². The van der Waals surface area contributed by atoms with Crippen LogP contribution in [0.25, 0.3) is 0 Å². The number of ether oxygens (including phenoxy) is 1. The highest BCUT2D eigenvalue weighted by molar-refractivity contribution is 7.89. The van der Waals surface area contributed by atoms with Crippen molar-refractivity contribution in [3.63, 3.8) is 0 Å². The molecule has 1 amide bonds. The molecule has 2 aromatic rings. The largest absolute Gasteiger partial charge is 0.497 e. The van der Waals surface area contributed by atoms with Crippen molar-refractivity contribution in [1.29, 1.82) is 0 Å². The van der Waals surface area contributed by atoms with Crippen LogP contribution in [0.5, 0.6) is 5.75 Å². The molecule has 8 heteroatoms. The zero-order valence-electron chi connectivity index (χ0n) is 18.8. The van der Waals surface area contributed by atoms with E-state index in [1.165, 1.54) is 16.4 Å². The van der Waals surface area contributed by atoms with E-state index < -0.39 is 10.0 Å². The third-order valence-electron chi connectivity index (χ3n) is 5.82. The molecule has 1 unspecified atom stereocenters. The second-order valence-corrected chi connectivity index (χ2v) is 11.0. The molecule has 0 bridgehead atoms. The van der Waals surface area contributed by atoms with Crippen LogP contribution in [0, 0.1) is 11.8 Å². The fourth-order valence-electron chi connectivity index (χ4n) is 3.99. The summed E-state index contributed by atoms with van der Waals surface area (Å²) in [6, 6.07) is 13.8. The van der Waals surface area contributed by atoms with Gasteiger partial charge in [-0.15, -0.1) is 0 Å². The number of amides is 1. The van der Waals surface area contributed by atoms with Gasteiger partial charge in [0.15, 0.2) is 0 Å². The Morgan fingerprint density at radius 1 is 1.09 bits per heavy atom. The lowest BCUT2D eigenvalue weighted by atomic mass is 9.93. The van der Waals surface area contributed by atoms with Crippen LogP contribution in [0.2, 0.25) is 5.02 Å². The summed E-state index contributed by atoms with van der Waals surface area (Å²) in [6.45, 7) is 4.90. The summed E-state index contributed by atoms with van der Waals surface area (Å²) in [4.78, 5) is 13.3. The third kappa shape index (κ3) is 6.03. The Hall–Kier alpha value is -2.09. The first-order valence-corrected chi connectivity index (χ1v) is 12.7. The Balaban J connectivity index is 1.63. The van der Waals surface area contributed by atoms with E-state index in [0.717, 1.165) is 17.7 Å². The summed E-state index contributed by atoms with van der Waals surface area (Å²) < 4.78 is 32.5. The van der Waals surface area contributed by atoms with Gasteiger partial charge in [-0.1, -0.05) is 37.6 Å². The van der Waals surface area contributed by atoms with E-state index in [1.54, 1.807) is 19.2 Å². The molecular weight excluding hydrogens is 448 g/mol. The average Bonchev–Trinajstić information content (AvgIpc) is 2.78. The van der Waals surface area contributed by atoms with Gasteiger partial charge >= 0.3 is 0 Å². The highest BCUT2D eigenvalue weighted by Crippen LogP contribution is 2.28. The Morgan fingerprint density at radius 2 is 1.69 bits per heavy atom. The Morgan fingerprint density at radius 3 is 2.22 bits per heavy atom. The summed E-state index contributed by atoms with van der Waals surface area (Å²) >= 11 is 5.87. The van der Waals surface area contributed by atoms with Gasteiger partial charge in [0.2, 0.25) is 15.9 Å². The number of sulfonamides is 1. The van der Waals surface area contributed by atoms with E-state index in [1.807, 2.05) is 24.3 Å². The van der Waals surface area contributed by atoms with E-state index in [-0.39, 0.29) is 22.8 Å². The van der Waals surface area contributed by atoms with Crippen molar-refractivity contribution in [1.82, 2.24) is 9.62 Å². The maximum Gasteiger partial charge on any atom is 0.243 e. The number of hydrogen-bond acceptors (Lipinski definition) is 4. The molecule has 1 saturated heterocycles. The molecule has 1 aliphatic rings. The van der Waals surface area contributed by atoms with Crippen LogP contribution in [0.4, 0.5) is 0 Å². The quantitative estimate of drug-likeness (QED) is 0.599. The van der Waals surface area contributed by atoms with Crippen LogP contribution >= 0.6 is 11.6 Å². The third-order valence-corrected chi connectivity index (χ3v) is 7.98. The lowest BCUT2D eigenvalue weighted by Crippen LogP contribution is -2.43. The number of carbonyl (C=O) groups is 1. The zero-order chi connectivity index (χ0) is 23.3. The Kier molecular flexibility index (Phi) is 8.20. The van der Waals surface area contributed by atoms with Crippen LogP contribution in [0.1, 0.15) is 44.7 Å². The van der Waals surface area contributed by atoms with Crippen molar-refractivity contribution in [3.8, 4) is 5.75 Å². The SMILES string of the molecule is COc1ccc(C(CC(C)C)NC(=O)C2CCN(S(=O)(=O)c3ccc(Cl)cc3)CC2)cc1. The monoisotopic (exact) mass is 478 g/mol. The summed E-state index contributed by atoms with van der Waals surface area (Å²) in [5.74, 6) is 0.959. The number of benzene rings is 2. The van der Waals surface area contributed by atoms with E-state index in [0.29, 0.717) is 36.9 Å². The van der Waals surface area contributed by atoms with Gasteiger partial charge in [0.25, 0.3) is 0 Å². The van der Waals surface area contributed by atoms with Gasteiger partial charge in [-0.25, -0.2) is 8.42 Å². The number of halogens is 1. The fraction of sp³-hybridized carbons (Fsp3) is 0.458.